The van der Waals surface area contributed by atoms with Gasteiger partial charge in [0.1, 0.15) is 5.75 Å². The van der Waals surface area contributed by atoms with Crippen LogP contribution in [0.15, 0.2) is 12.1 Å². The lowest BCUT2D eigenvalue weighted by Gasteiger charge is -2.17. The number of ether oxygens (including phenoxy) is 2. The largest absolute Gasteiger partial charge is 0.492 e. The zero-order valence-electron chi connectivity index (χ0n) is 11.6. The molecule has 1 aliphatic rings. The maximum atomic E-state index is 6.22. The molecule has 1 aromatic carbocycles. The number of hydrogen-bond donors (Lipinski definition) is 0. The van der Waals surface area contributed by atoms with Gasteiger partial charge in [0.2, 0.25) is 0 Å². The van der Waals surface area contributed by atoms with E-state index in [1.54, 1.807) is 6.07 Å². The Morgan fingerprint density at radius 3 is 2.58 bits per heavy atom. The van der Waals surface area contributed by atoms with Gasteiger partial charge in [0.25, 0.3) is 0 Å². The highest BCUT2D eigenvalue weighted by Gasteiger charge is 2.38. The SMILES string of the molecule is CCOc1c(Cl)cc(Cl)cc1C(C)CC1OC1CC. The zero-order chi connectivity index (χ0) is 14.0. The maximum Gasteiger partial charge on any atom is 0.141 e. The Labute approximate surface area is 125 Å². The van der Waals surface area contributed by atoms with Gasteiger partial charge < -0.3 is 9.47 Å². The van der Waals surface area contributed by atoms with E-state index in [1.165, 1.54) is 0 Å². The summed E-state index contributed by atoms with van der Waals surface area (Å²) in [6.07, 6.45) is 2.85. The molecule has 0 aromatic heterocycles. The lowest BCUT2D eigenvalue weighted by atomic mass is 9.94. The predicted molar refractivity (Wildman–Crippen MR) is 79.6 cm³/mol. The third-order valence-electron chi connectivity index (χ3n) is 3.53. The van der Waals surface area contributed by atoms with E-state index >= 15 is 0 Å². The summed E-state index contributed by atoms with van der Waals surface area (Å²) in [6, 6.07) is 3.68. The highest BCUT2D eigenvalue weighted by Crippen LogP contribution is 2.41. The first-order valence-corrected chi connectivity index (χ1v) is 7.59. The molecule has 1 fully saturated rings. The van der Waals surface area contributed by atoms with Crippen molar-refractivity contribution in [2.45, 2.75) is 51.7 Å². The highest BCUT2D eigenvalue weighted by atomic mass is 35.5. The first kappa shape index (κ1) is 15.0. The molecule has 1 saturated heterocycles. The topological polar surface area (TPSA) is 21.8 Å². The Morgan fingerprint density at radius 2 is 2.00 bits per heavy atom. The Kier molecular flexibility index (Phi) is 4.99. The van der Waals surface area contributed by atoms with Gasteiger partial charge in [-0.2, -0.15) is 0 Å². The molecule has 19 heavy (non-hydrogen) atoms. The second-order valence-electron chi connectivity index (χ2n) is 5.00. The van der Waals surface area contributed by atoms with Crippen LogP contribution in [0.3, 0.4) is 0 Å². The molecule has 0 amide bonds. The monoisotopic (exact) mass is 302 g/mol. The fourth-order valence-electron chi connectivity index (χ4n) is 2.46. The Morgan fingerprint density at radius 1 is 1.26 bits per heavy atom. The van der Waals surface area contributed by atoms with Crippen LogP contribution in [0.2, 0.25) is 10.0 Å². The average Bonchev–Trinajstić information content (AvgIpc) is 3.10. The van der Waals surface area contributed by atoms with Crippen LogP contribution in [-0.4, -0.2) is 18.8 Å². The van der Waals surface area contributed by atoms with Gasteiger partial charge in [-0.25, -0.2) is 0 Å². The third kappa shape index (κ3) is 3.56. The summed E-state index contributed by atoms with van der Waals surface area (Å²) in [5.74, 6) is 1.08. The summed E-state index contributed by atoms with van der Waals surface area (Å²) in [7, 11) is 0. The minimum atomic E-state index is 0.319. The Hall–Kier alpha value is -0.440. The number of benzene rings is 1. The van der Waals surface area contributed by atoms with Crippen LogP contribution in [0.5, 0.6) is 5.75 Å². The zero-order valence-corrected chi connectivity index (χ0v) is 13.1. The van der Waals surface area contributed by atoms with Gasteiger partial charge in [0, 0.05) is 10.6 Å². The number of rotatable bonds is 6. The van der Waals surface area contributed by atoms with Crippen molar-refractivity contribution in [3.8, 4) is 5.75 Å². The van der Waals surface area contributed by atoms with E-state index in [1.807, 2.05) is 13.0 Å². The molecule has 1 heterocycles. The number of hydrogen-bond acceptors (Lipinski definition) is 2. The quantitative estimate of drug-likeness (QED) is 0.685. The van der Waals surface area contributed by atoms with Crippen LogP contribution in [-0.2, 0) is 4.74 Å². The normalized spacial score (nSPS) is 23.2. The Balaban J connectivity index is 2.17. The fraction of sp³-hybridized carbons (Fsp3) is 0.600. The van der Waals surface area contributed by atoms with E-state index in [9.17, 15) is 0 Å². The van der Waals surface area contributed by atoms with Gasteiger partial charge in [-0.05, 0) is 37.8 Å². The number of epoxide rings is 1. The molecule has 2 rings (SSSR count). The number of halogens is 2. The summed E-state index contributed by atoms with van der Waals surface area (Å²) >= 11 is 12.3. The minimum absolute atomic E-state index is 0.319. The molecule has 106 valence electrons. The van der Waals surface area contributed by atoms with Crippen LogP contribution in [0.1, 0.15) is 45.1 Å². The van der Waals surface area contributed by atoms with Crippen molar-refractivity contribution in [1.82, 2.24) is 0 Å². The molecule has 0 aliphatic carbocycles. The molecular weight excluding hydrogens is 283 g/mol. The smallest absolute Gasteiger partial charge is 0.141 e. The lowest BCUT2D eigenvalue weighted by molar-refractivity contribution is 0.329. The summed E-state index contributed by atoms with van der Waals surface area (Å²) in [6.45, 7) is 6.87. The van der Waals surface area contributed by atoms with E-state index in [4.69, 9.17) is 32.7 Å². The van der Waals surface area contributed by atoms with E-state index < -0.39 is 0 Å². The molecule has 1 aliphatic heterocycles. The van der Waals surface area contributed by atoms with E-state index in [2.05, 4.69) is 13.8 Å². The van der Waals surface area contributed by atoms with Crippen molar-refractivity contribution < 1.29 is 9.47 Å². The van der Waals surface area contributed by atoms with Crippen LogP contribution >= 0.6 is 23.2 Å². The molecule has 3 unspecified atom stereocenters. The highest BCUT2D eigenvalue weighted by molar-refractivity contribution is 6.35. The van der Waals surface area contributed by atoms with Gasteiger partial charge >= 0.3 is 0 Å². The predicted octanol–water partition coefficient (Wildman–Crippen LogP) is 5.06. The average molecular weight is 303 g/mol. The molecule has 0 saturated carbocycles. The summed E-state index contributed by atoms with van der Waals surface area (Å²) in [5.41, 5.74) is 1.07. The molecule has 0 radical (unpaired) electrons. The van der Waals surface area contributed by atoms with Crippen LogP contribution in [0, 0.1) is 0 Å². The van der Waals surface area contributed by atoms with Crippen molar-refractivity contribution in [1.29, 1.82) is 0 Å². The minimum Gasteiger partial charge on any atom is -0.492 e. The molecule has 0 bridgehead atoms. The van der Waals surface area contributed by atoms with E-state index in [-0.39, 0.29) is 0 Å². The van der Waals surface area contributed by atoms with Crippen molar-refractivity contribution in [3.05, 3.63) is 27.7 Å². The van der Waals surface area contributed by atoms with Crippen LogP contribution in [0.4, 0.5) is 0 Å². The molecule has 2 nitrogen and oxygen atoms in total. The fourth-order valence-corrected chi connectivity index (χ4v) is 3.03. The lowest BCUT2D eigenvalue weighted by Crippen LogP contribution is -2.05. The standard InChI is InChI=1S/C15H20Cl2O2/c1-4-13-14(19-13)6-9(3)11-7-10(16)8-12(17)15(11)18-5-2/h7-9,13-14H,4-6H2,1-3H3. The first-order valence-electron chi connectivity index (χ1n) is 6.84. The van der Waals surface area contributed by atoms with Crippen LogP contribution < -0.4 is 4.74 Å². The summed E-state index contributed by atoms with van der Waals surface area (Å²) < 4.78 is 11.3. The molecule has 4 heteroatoms. The van der Waals surface area contributed by atoms with Gasteiger partial charge in [0.05, 0.1) is 23.8 Å². The van der Waals surface area contributed by atoms with Gasteiger partial charge in [-0.1, -0.05) is 37.0 Å². The third-order valence-corrected chi connectivity index (χ3v) is 4.03. The molecule has 3 atom stereocenters. The van der Waals surface area contributed by atoms with Crippen molar-refractivity contribution in [2.24, 2.45) is 0 Å². The Bertz CT molecular complexity index is 448. The van der Waals surface area contributed by atoms with Gasteiger partial charge in [-0.3, -0.25) is 0 Å². The summed E-state index contributed by atoms with van der Waals surface area (Å²) in [5, 5.41) is 1.24. The van der Waals surface area contributed by atoms with Crippen molar-refractivity contribution in [2.75, 3.05) is 6.61 Å². The van der Waals surface area contributed by atoms with Gasteiger partial charge in [0.15, 0.2) is 0 Å². The molecular formula is C15H20Cl2O2. The van der Waals surface area contributed by atoms with Gasteiger partial charge in [-0.15, -0.1) is 0 Å². The molecule has 0 spiro atoms. The second kappa shape index (κ2) is 6.34. The maximum absolute atomic E-state index is 6.22. The van der Waals surface area contributed by atoms with Crippen molar-refractivity contribution >= 4 is 23.2 Å². The van der Waals surface area contributed by atoms with Crippen molar-refractivity contribution in [3.63, 3.8) is 0 Å². The molecule has 1 aromatic rings. The first-order chi connectivity index (χ1) is 9.06. The molecule has 0 N–H and O–H groups in total. The summed E-state index contributed by atoms with van der Waals surface area (Å²) in [4.78, 5) is 0. The van der Waals surface area contributed by atoms with E-state index in [0.29, 0.717) is 34.8 Å². The van der Waals surface area contributed by atoms with Crippen LogP contribution in [0.25, 0.3) is 0 Å². The second-order valence-corrected chi connectivity index (χ2v) is 5.84. The van der Waals surface area contributed by atoms with E-state index in [0.717, 1.165) is 24.2 Å².